The van der Waals surface area contributed by atoms with Crippen molar-refractivity contribution in [3.8, 4) is 10.4 Å². The molecule has 0 atom stereocenters. The number of benzene rings is 1. The van der Waals surface area contributed by atoms with Gasteiger partial charge in [-0.05, 0) is 25.0 Å². The number of halogens is 2. The zero-order chi connectivity index (χ0) is 11.5. The summed E-state index contributed by atoms with van der Waals surface area (Å²) in [6, 6.07) is 3.89. The molecule has 0 aliphatic rings. The van der Waals surface area contributed by atoms with Crippen LogP contribution in [0.4, 0.5) is 8.78 Å². The SMILES string of the molecule is CCCc1ncc(-c2c(F)cccc2F)s1. The number of aromatic nitrogens is 1. The Hall–Kier alpha value is -1.29. The van der Waals surface area contributed by atoms with Gasteiger partial charge in [-0.15, -0.1) is 11.3 Å². The van der Waals surface area contributed by atoms with E-state index in [4.69, 9.17) is 0 Å². The second-order valence-corrected chi connectivity index (χ2v) is 4.58. The lowest BCUT2D eigenvalue weighted by molar-refractivity contribution is 0.590. The van der Waals surface area contributed by atoms with E-state index >= 15 is 0 Å². The van der Waals surface area contributed by atoms with Crippen molar-refractivity contribution < 1.29 is 8.78 Å². The lowest BCUT2D eigenvalue weighted by atomic mass is 10.2. The van der Waals surface area contributed by atoms with Crippen molar-refractivity contribution >= 4 is 11.3 Å². The van der Waals surface area contributed by atoms with E-state index in [2.05, 4.69) is 4.98 Å². The van der Waals surface area contributed by atoms with Crippen LogP contribution in [-0.4, -0.2) is 4.98 Å². The first-order valence-corrected chi connectivity index (χ1v) is 5.93. The van der Waals surface area contributed by atoms with Gasteiger partial charge in [0.1, 0.15) is 11.6 Å². The van der Waals surface area contributed by atoms with Crippen LogP contribution in [0.1, 0.15) is 18.4 Å². The Labute approximate surface area is 96.8 Å². The maximum absolute atomic E-state index is 13.5. The second-order valence-electron chi connectivity index (χ2n) is 3.46. The molecule has 0 radical (unpaired) electrons. The molecule has 0 spiro atoms. The fraction of sp³-hybridized carbons (Fsp3) is 0.250. The smallest absolute Gasteiger partial charge is 0.134 e. The first-order chi connectivity index (χ1) is 7.72. The molecule has 1 aromatic heterocycles. The number of thiazole rings is 1. The van der Waals surface area contributed by atoms with Gasteiger partial charge in [0, 0.05) is 6.20 Å². The number of nitrogens with zero attached hydrogens (tertiary/aromatic N) is 1. The molecule has 0 bridgehead atoms. The molecule has 1 aromatic carbocycles. The molecule has 0 unspecified atom stereocenters. The van der Waals surface area contributed by atoms with E-state index in [0.717, 1.165) is 17.8 Å². The third-order valence-corrected chi connectivity index (χ3v) is 3.30. The van der Waals surface area contributed by atoms with Crippen molar-refractivity contribution in [3.05, 3.63) is 41.0 Å². The van der Waals surface area contributed by atoms with Crippen LogP contribution in [0.15, 0.2) is 24.4 Å². The summed E-state index contributed by atoms with van der Waals surface area (Å²) in [7, 11) is 0. The Morgan fingerprint density at radius 3 is 2.56 bits per heavy atom. The number of hydrogen-bond donors (Lipinski definition) is 0. The van der Waals surface area contributed by atoms with Crippen molar-refractivity contribution in [2.45, 2.75) is 19.8 Å². The number of rotatable bonds is 3. The Morgan fingerprint density at radius 2 is 1.94 bits per heavy atom. The largest absolute Gasteiger partial charge is 0.249 e. The molecule has 0 amide bonds. The standard InChI is InChI=1S/C12H11F2NS/c1-2-4-11-15-7-10(16-11)12-8(13)5-3-6-9(12)14/h3,5-7H,2,4H2,1H3. The van der Waals surface area contributed by atoms with Gasteiger partial charge in [0.2, 0.25) is 0 Å². The van der Waals surface area contributed by atoms with E-state index < -0.39 is 11.6 Å². The van der Waals surface area contributed by atoms with E-state index in [1.54, 1.807) is 0 Å². The highest BCUT2D eigenvalue weighted by atomic mass is 32.1. The lowest BCUT2D eigenvalue weighted by Crippen LogP contribution is -1.86. The predicted octanol–water partition coefficient (Wildman–Crippen LogP) is 4.04. The van der Waals surface area contributed by atoms with Crippen molar-refractivity contribution in [2.24, 2.45) is 0 Å². The Morgan fingerprint density at radius 1 is 1.25 bits per heavy atom. The molecule has 0 aliphatic carbocycles. The molecule has 2 aromatic rings. The number of aryl methyl sites for hydroxylation is 1. The summed E-state index contributed by atoms with van der Waals surface area (Å²) in [5, 5.41) is 0.917. The van der Waals surface area contributed by atoms with Crippen molar-refractivity contribution in [1.82, 2.24) is 4.98 Å². The molecule has 2 rings (SSSR count). The van der Waals surface area contributed by atoms with Crippen LogP contribution < -0.4 is 0 Å². The van der Waals surface area contributed by atoms with Crippen LogP contribution in [-0.2, 0) is 6.42 Å². The molecular formula is C12H11F2NS. The van der Waals surface area contributed by atoms with E-state index in [-0.39, 0.29) is 5.56 Å². The summed E-state index contributed by atoms with van der Waals surface area (Å²) >= 11 is 1.35. The molecule has 0 saturated heterocycles. The summed E-state index contributed by atoms with van der Waals surface area (Å²) in [5.41, 5.74) is 0.0300. The van der Waals surface area contributed by atoms with Gasteiger partial charge in [-0.2, -0.15) is 0 Å². The maximum atomic E-state index is 13.5. The van der Waals surface area contributed by atoms with Gasteiger partial charge in [-0.1, -0.05) is 13.0 Å². The average molecular weight is 239 g/mol. The normalized spacial score (nSPS) is 10.7. The first kappa shape index (κ1) is 11.2. The van der Waals surface area contributed by atoms with Gasteiger partial charge in [-0.3, -0.25) is 0 Å². The van der Waals surface area contributed by atoms with E-state index in [0.29, 0.717) is 4.88 Å². The molecule has 1 heterocycles. The van der Waals surface area contributed by atoms with E-state index in [1.165, 1.54) is 35.7 Å². The third kappa shape index (κ3) is 2.11. The Balaban J connectivity index is 2.42. The minimum Gasteiger partial charge on any atom is -0.249 e. The molecule has 0 saturated carbocycles. The fourth-order valence-corrected chi connectivity index (χ4v) is 2.56. The lowest BCUT2D eigenvalue weighted by Gasteiger charge is -2.00. The highest BCUT2D eigenvalue weighted by Crippen LogP contribution is 2.30. The van der Waals surface area contributed by atoms with Crippen LogP contribution in [0, 0.1) is 11.6 Å². The summed E-state index contributed by atoms with van der Waals surface area (Å²) < 4.78 is 26.9. The Bertz CT molecular complexity index is 473. The molecule has 0 fully saturated rings. The number of hydrogen-bond acceptors (Lipinski definition) is 2. The first-order valence-electron chi connectivity index (χ1n) is 5.11. The van der Waals surface area contributed by atoms with Crippen molar-refractivity contribution in [1.29, 1.82) is 0 Å². The van der Waals surface area contributed by atoms with Gasteiger partial charge in [0.25, 0.3) is 0 Å². The zero-order valence-corrected chi connectivity index (χ0v) is 9.65. The van der Waals surface area contributed by atoms with E-state index in [9.17, 15) is 8.78 Å². The van der Waals surface area contributed by atoms with Gasteiger partial charge in [0.15, 0.2) is 0 Å². The highest BCUT2D eigenvalue weighted by molar-refractivity contribution is 7.15. The van der Waals surface area contributed by atoms with Gasteiger partial charge < -0.3 is 0 Å². The van der Waals surface area contributed by atoms with Crippen LogP contribution >= 0.6 is 11.3 Å². The maximum Gasteiger partial charge on any atom is 0.134 e. The summed E-state index contributed by atoms with van der Waals surface area (Å²) in [4.78, 5) is 4.70. The molecule has 16 heavy (non-hydrogen) atoms. The fourth-order valence-electron chi connectivity index (χ4n) is 1.49. The summed E-state index contributed by atoms with van der Waals surface area (Å²) in [5.74, 6) is -1.07. The monoisotopic (exact) mass is 239 g/mol. The summed E-state index contributed by atoms with van der Waals surface area (Å²) in [6.45, 7) is 2.05. The van der Waals surface area contributed by atoms with Crippen LogP contribution in [0.25, 0.3) is 10.4 Å². The van der Waals surface area contributed by atoms with Gasteiger partial charge >= 0.3 is 0 Å². The second kappa shape index (κ2) is 4.70. The van der Waals surface area contributed by atoms with Crippen LogP contribution in [0.2, 0.25) is 0 Å². The highest BCUT2D eigenvalue weighted by Gasteiger charge is 2.13. The Kier molecular flexibility index (Phi) is 3.29. The molecule has 84 valence electrons. The minimum atomic E-state index is -0.535. The quantitative estimate of drug-likeness (QED) is 0.787. The van der Waals surface area contributed by atoms with Gasteiger partial charge in [0.05, 0.1) is 15.4 Å². The molecule has 4 heteroatoms. The molecule has 1 nitrogen and oxygen atoms in total. The topological polar surface area (TPSA) is 12.9 Å². The molecular weight excluding hydrogens is 228 g/mol. The van der Waals surface area contributed by atoms with Crippen molar-refractivity contribution in [3.63, 3.8) is 0 Å². The van der Waals surface area contributed by atoms with Crippen LogP contribution in [0.5, 0.6) is 0 Å². The predicted molar refractivity (Wildman–Crippen MR) is 61.5 cm³/mol. The van der Waals surface area contributed by atoms with Crippen LogP contribution in [0.3, 0.4) is 0 Å². The van der Waals surface area contributed by atoms with E-state index in [1.807, 2.05) is 6.92 Å². The molecule has 0 aliphatic heterocycles. The van der Waals surface area contributed by atoms with Crippen molar-refractivity contribution in [2.75, 3.05) is 0 Å². The average Bonchev–Trinajstić information content (AvgIpc) is 2.67. The minimum absolute atomic E-state index is 0.0300. The summed E-state index contributed by atoms with van der Waals surface area (Å²) in [6.07, 6.45) is 3.37. The zero-order valence-electron chi connectivity index (χ0n) is 8.84. The molecule has 0 N–H and O–H groups in total. The van der Waals surface area contributed by atoms with Gasteiger partial charge in [-0.25, -0.2) is 13.8 Å². The third-order valence-electron chi connectivity index (χ3n) is 2.23.